The van der Waals surface area contributed by atoms with Crippen LogP contribution < -0.4 is 5.32 Å². The number of nitrogens with one attached hydrogen (secondary N) is 1. The lowest BCUT2D eigenvalue weighted by Gasteiger charge is -2.29. The van der Waals surface area contributed by atoms with Crippen LogP contribution in [0.25, 0.3) is 0 Å². The summed E-state index contributed by atoms with van der Waals surface area (Å²) < 4.78 is 0. The first kappa shape index (κ1) is 16.7. The highest BCUT2D eigenvalue weighted by Crippen LogP contribution is 2.14. The Bertz CT molecular complexity index is 433. The van der Waals surface area contributed by atoms with Gasteiger partial charge in [-0.25, -0.2) is 0 Å². The predicted molar refractivity (Wildman–Crippen MR) is 85.1 cm³/mol. The van der Waals surface area contributed by atoms with Crippen molar-refractivity contribution in [3.8, 4) is 0 Å². The van der Waals surface area contributed by atoms with E-state index in [1.54, 1.807) is 0 Å². The third-order valence-electron chi connectivity index (χ3n) is 3.76. The van der Waals surface area contributed by atoms with Crippen LogP contribution in [-0.2, 0) is 4.79 Å². The van der Waals surface area contributed by atoms with E-state index in [0.717, 1.165) is 30.9 Å². The molecule has 1 unspecified atom stereocenters. The van der Waals surface area contributed by atoms with Gasteiger partial charge in [0.1, 0.15) is 6.04 Å². The van der Waals surface area contributed by atoms with Crippen LogP contribution in [0.2, 0.25) is 0 Å². The van der Waals surface area contributed by atoms with Crippen molar-refractivity contribution in [2.45, 2.75) is 26.8 Å². The Morgan fingerprint density at radius 1 is 1.20 bits per heavy atom. The molecule has 0 fully saturated rings. The molecule has 20 heavy (non-hydrogen) atoms. The number of amides is 1. The van der Waals surface area contributed by atoms with Crippen LogP contribution in [0, 0.1) is 6.92 Å². The van der Waals surface area contributed by atoms with Crippen LogP contribution in [0.1, 0.15) is 19.4 Å². The summed E-state index contributed by atoms with van der Waals surface area (Å²) in [6.07, 6.45) is 0. The first-order chi connectivity index (χ1) is 9.49. The van der Waals surface area contributed by atoms with Gasteiger partial charge in [-0.15, -0.1) is 0 Å². The minimum absolute atomic E-state index is 0.0592. The van der Waals surface area contributed by atoms with E-state index >= 15 is 0 Å². The number of para-hydroxylation sites is 1. The number of likely N-dealkylation sites (N-methyl/N-ethyl adjacent to an activating group) is 2. The van der Waals surface area contributed by atoms with Gasteiger partial charge in [0.2, 0.25) is 5.91 Å². The Balaban J connectivity index is 2.80. The van der Waals surface area contributed by atoms with Gasteiger partial charge < -0.3 is 10.2 Å². The van der Waals surface area contributed by atoms with Gasteiger partial charge in [-0.3, -0.25) is 9.69 Å². The molecule has 1 amide bonds. The molecule has 4 nitrogen and oxygen atoms in total. The monoisotopic (exact) mass is 277 g/mol. The van der Waals surface area contributed by atoms with E-state index in [4.69, 9.17) is 0 Å². The lowest BCUT2D eigenvalue weighted by Crippen LogP contribution is -2.48. The summed E-state index contributed by atoms with van der Waals surface area (Å²) in [6.45, 7) is 8.70. The molecule has 0 aliphatic carbocycles. The fourth-order valence-electron chi connectivity index (χ4n) is 2.00. The SMILES string of the molecule is CCN(C)CC(C(=O)Nc1ccccc1C)N(C)CC. The summed E-state index contributed by atoms with van der Waals surface area (Å²) >= 11 is 0. The lowest BCUT2D eigenvalue weighted by atomic mass is 10.1. The lowest BCUT2D eigenvalue weighted by molar-refractivity contribution is -0.121. The molecule has 0 radical (unpaired) electrons. The maximum atomic E-state index is 12.5. The molecule has 1 aromatic carbocycles. The molecule has 0 spiro atoms. The molecule has 1 atom stereocenters. The largest absolute Gasteiger partial charge is 0.324 e. The van der Waals surface area contributed by atoms with Gasteiger partial charge in [-0.2, -0.15) is 0 Å². The molecule has 0 bridgehead atoms. The van der Waals surface area contributed by atoms with Crippen molar-refractivity contribution in [2.24, 2.45) is 0 Å². The second-order valence-corrected chi connectivity index (χ2v) is 5.25. The van der Waals surface area contributed by atoms with Crippen molar-refractivity contribution in [1.82, 2.24) is 9.80 Å². The summed E-state index contributed by atoms with van der Waals surface area (Å²) in [5.41, 5.74) is 1.98. The van der Waals surface area contributed by atoms with Crippen LogP contribution in [0.15, 0.2) is 24.3 Å². The molecular weight excluding hydrogens is 250 g/mol. The number of rotatable bonds is 7. The molecule has 1 rings (SSSR count). The van der Waals surface area contributed by atoms with E-state index < -0.39 is 0 Å². The number of carbonyl (C=O) groups excluding carboxylic acids is 1. The van der Waals surface area contributed by atoms with Crippen molar-refractivity contribution in [1.29, 1.82) is 0 Å². The molecule has 1 aromatic rings. The standard InChI is InChI=1S/C16H27N3O/c1-6-18(4)12-15(19(5)7-2)16(20)17-14-11-9-8-10-13(14)3/h8-11,15H,6-7,12H2,1-5H3,(H,17,20). The fourth-order valence-corrected chi connectivity index (χ4v) is 2.00. The van der Waals surface area contributed by atoms with E-state index in [9.17, 15) is 4.79 Å². The third-order valence-corrected chi connectivity index (χ3v) is 3.76. The molecule has 1 N–H and O–H groups in total. The summed E-state index contributed by atoms with van der Waals surface area (Å²) in [4.78, 5) is 16.8. The average Bonchev–Trinajstić information content (AvgIpc) is 2.45. The number of hydrogen-bond donors (Lipinski definition) is 1. The molecule has 0 aromatic heterocycles. The van der Waals surface area contributed by atoms with Crippen LogP contribution in [0.3, 0.4) is 0 Å². The molecule has 0 saturated carbocycles. The van der Waals surface area contributed by atoms with Crippen molar-refractivity contribution in [3.63, 3.8) is 0 Å². The first-order valence-corrected chi connectivity index (χ1v) is 7.24. The molecule has 0 saturated heterocycles. The normalized spacial score (nSPS) is 12.8. The summed E-state index contributed by atoms with van der Waals surface area (Å²) in [5.74, 6) is 0.0592. The summed E-state index contributed by atoms with van der Waals surface area (Å²) in [5, 5.41) is 3.05. The topological polar surface area (TPSA) is 35.6 Å². The van der Waals surface area contributed by atoms with E-state index in [-0.39, 0.29) is 11.9 Å². The van der Waals surface area contributed by atoms with E-state index in [1.807, 2.05) is 45.3 Å². The molecule has 0 heterocycles. The van der Waals surface area contributed by atoms with Gasteiger partial charge in [-0.05, 0) is 45.7 Å². The second kappa shape index (κ2) is 8.02. The Labute approximate surface area is 122 Å². The van der Waals surface area contributed by atoms with Crippen molar-refractivity contribution < 1.29 is 4.79 Å². The molecular formula is C16H27N3O. The Morgan fingerprint density at radius 2 is 1.85 bits per heavy atom. The fraction of sp³-hybridized carbons (Fsp3) is 0.562. The van der Waals surface area contributed by atoms with E-state index in [0.29, 0.717) is 0 Å². The van der Waals surface area contributed by atoms with E-state index in [1.165, 1.54) is 0 Å². The van der Waals surface area contributed by atoms with Crippen molar-refractivity contribution >= 4 is 11.6 Å². The van der Waals surface area contributed by atoms with E-state index in [2.05, 4.69) is 29.0 Å². The zero-order chi connectivity index (χ0) is 15.1. The summed E-state index contributed by atoms with van der Waals surface area (Å²) in [6, 6.07) is 7.74. The van der Waals surface area contributed by atoms with Gasteiger partial charge in [0, 0.05) is 12.2 Å². The number of carbonyl (C=O) groups is 1. The highest BCUT2D eigenvalue weighted by molar-refractivity contribution is 5.95. The first-order valence-electron chi connectivity index (χ1n) is 7.24. The highest BCUT2D eigenvalue weighted by Gasteiger charge is 2.23. The maximum Gasteiger partial charge on any atom is 0.243 e. The average molecular weight is 277 g/mol. The number of nitrogens with zero attached hydrogens (tertiary/aromatic N) is 2. The van der Waals surface area contributed by atoms with Crippen molar-refractivity contribution in [2.75, 3.05) is 39.0 Å². The second-order valence-electron chi connectivity index (χ2n) is 5.25. The smallest absolute Gasteiger partial charge is 0.243 e. The van der Waals surface area contributed by atoms with Crippen LogP contribution in [-0.4, -0.2) is 55.5 Å². The van der Waals surface area contributed by atoms with Gasteiger partial charge in [0.15, 0.2) is 0 Å². The molecule has 0 aliphatic heterocycles. The maximum absolute atomic E-state index is 12.5. The molecule has 112 valence electrons. The number of anilines is 1. The summed E-state index contributed by atoms with van der Waals surface area (Å²) in [7, 11) is 4.03. The van der Waals surface area contributed by atoms with Crippen LogP contribution in [0.5, 0.6) is 0 Å². The number of hydrogen-bond acceptors (Lipinski definition) is 3. The zero-order valence-corrected chi connectivity index (χ0v) is 13.3. The minimum Gasteiger partial charge on any atom is -0.324 e. The molecule has 0 aliphatic rings. The van der Waals surface area contributed by atoms with Gasteiger partial charge in [0.05, 0.1) is 0 Å². The Hall–Kier alpha value is -1.39. The number of aryl methyl sites for hydroxylation is 1. The molecule has 4 heteroatoms. The highest BCUT2D eigenvalue weighted by atomic mass is 16.2. The third kappa shape index (κ3) is 4.62. The van der Waals surface area contributed by atoms with Crippen molar-refractivity contribution in [3.05, 3.63) is 29.8 Å². The van der Waals surface area contributed by atoms with Gasteiger partial charge >= 0.3 is 0 Å². The Morgan fingerprint density at radius 3 is 2.40 bits per heavy atom. The van der Waals surface area contributed by atoms with Gasteiger partial charge in [-0.1, -0.05) is 32.0 Å². The van der Waals surface area contributed by atoms with Gasteiger partial charge in [0.25, 0.3) is 0 Å². The minimum atomic E-state index is -0.135. The predicted octanol–water partition coefficient (Wildman–Crippen LogP) is 2.21. The zero-order valence-electron chi connectivity index (χ0n) is 13.3. The number of benzene rings is 1. The van der Waals surface area contributed by atoms with Crippen LogP contribution in [0.4, 0.5) is 5.69 Å². The Kier molecular flexibility index (Phi) is 6.68. The quantitative estimate of drug-likeness (QED) is 0.830. The van der Waals surface area contributed by atoms with Crippen LogP contribution >= 0.6 is 0 Å².